The van der Waals surface area contributed by atoms with E-state index in [4.69, 9.17) is 18.9 Å². The van der Waals surface area contributed by atoms with Crippen molar-refractivity contribution < 1.29 is 32.2 Å². The molecule has 0 aromatic heterocycles. The summed E-state index contributed by atoms with van der Waals surface area (Å²) in [6, 6.07) is 9.65. The molecule has 2 aliphatic rings. The summed E-state index contributed by atoms with van der Waals surface area (Å²) in [7, 11) is -0.788. The maximum Gasteiger partial charge on any atom is 0.257 e. The predicted molar refractivity (Wildman–Crippen MR) is 107 cm³/mol. The van der Waals surface area contributed by atoms with E-state index in [1.54, 1.807) is 29.2 Å². The number of sulfonamides is 1. The van der Waals surface area contributed by atoms with Crippen molar-refractivity contribution in [3.8, 4) is 23.0 Å². The normalized spacial score (nSPS) is 16.4. The van der Waals surface area contributed by atoms with Crippen molar-refractivity contribution in [1.29, 1.82) is 0 Å². The lowest BCUT2D eigenvalue weighted by Gasteiger charge is -2.34. The van der Waals surface area contributed by atoms with Crippen LogP contribution in [0.25, 0.3) is 0 Å². The molecule has 10 heteroatoms. The number of carbonyl (C=O) groups excluding carboxylic acids is 1. The maximum atomic E-state index is 13.0. The van der Waals surface area contributed by atoms with E-state index in [1.165, 1.54) is 30.7 Å². The summed E-state index contributed by atoms with van der Waals surface area (Å²) < 4.78 is 48.6. The summed E-state index contributed by atoms with van der Waals surface area (Å²) in [5.41, 5.74) is 0.418. The Morgan fingerprint density at radius 3 is 2.40 bits per heavy atom. The van der Waals surface area contributed by atoms with Crippen LogP contribution < -0.4 is 18.9 Å². The number of nitrogens with zero attached hydrogens (tertiary/aromatic N) is 2. The first-order valence-corrected chi connectivity index (χ1v) is 10.8. The molecule has 1 saturated heterocycles. The molecule has 0 atom stereocenters. The van der Waals surface area contributed by atoms with E-state index in [2.05, 4.69) is 0 Å². The topological polar surface area (TPSA) is 94.6 Å². The van der Waals surface area contributed by atoms with E-state index in [1.807, 2.05) is 0 Å². The molecule has 0 unspecified atom stereocenters. The van der Waals surface area contributed by atoms with E-state index < -0.39 is 10.0 Å². The number of hydrogen-bond donors (Lipinski definition) is 0. The first-order valence-electron chi connectivity index (χ1n) is 9.36. The molecule has 2 aromatic rings. The fourth-order valence-corrected chi connectivity index (χ4v) is 4.96. The van der Waals surface area contributed by atoms with E-state index in [-0.39, 0.29) is 43.8 Å². The maximum absolute atomic E-state index is 13.0. The van der Waals surface area contributed by atoms with Gasteiger partial charge in [0.25, 0.3) is 5.91 Å². The molecule has 2 aliphatic heterocycles. The minimum absolute atomic E-state index is 0.0803. The van der Waals surface area contributed by atoms with Crippen LogP contribution in [0.5, 0.6) is 23.0 Å². The van der Waals surface area contributed by atoms with Crippen LogP contribution >= 0.6 is 0 Å². The molecule has 30 heavy (non-hydrogen) atoms. The molecule has 0 aliphatic carbocycles. The lowest BCUT2D eigenvalue weighted by molar-refractivity contribution is 0.0693. The fraction of sp³-hybridized carbons (Fsp3) is 0.350. The predicted octanol–water partition coefficient (Wildman–Crippen LogP) is 1.58. The number of amides is 1. The van der Waals surface area contributed by atoms with E-state index in [0.29, 0.717) is 28.6 Å². The lowest BCUT2D eigenvalue weighted by atomic mass is 10.1. The number of rotatable bonds is 5. The summed E-state index contributed by atoms with van der Waals surface area (Å²) in [5, 5.41) is 0. The van der Waals surface area contributed by atoms with Crippen LogP contribution in [-0.4, -0.2) is 70.7 Å². The van der Waals surface area contributed by atoms with Gasteiger partial charge in [0.2, 0.25) is 16.8 Å². The molecule has 4 rings (SSSR count). The van der Waals surface area contributed by atoms with Crippen LogP contribution in [0.3, 0.4) is 0 Å². The first-order chi connectivity index (χ1) is 14.5. The molecule has 0 spiro atoms. The summed E-state index contributed by atoms with van der Waals surface area (Å²) >= 11 is 0. The van der Waals surface area contributed by atoms with E-state index in [0.717, 1.165) is 0 Å². The van der Waals surface area contributed by atoms with Gasteiger partial charge in [-0.15, -0.1) is 0 Å². The van der Waals surface area contributed by atoms with Crippen molar-refractivity contribution >= 4 is 15.9 Å². The number of ether oxygens (including phenoxy) is 4. The molecule has 0 N–H and O–H groups in total. The smallest absolute Gasteiger partial charge is 0.257 e. The number of benzene rings is 2. The summed E-state index contributed by atoms with van der Waals surface area (Å²) in [4.78, 5) is 14.7. The molecular weight excluding hydrogens is 412 g/mol. The zero-order valence-corrected chi connectivity index (χ0v) is 17.5. The van der Waals surface area contributed by atoms with Crippen LogP contribution in [-0.2, 0) is 10.0 Å². The Morgan fingerprint density at radius 2 is 1.70 bits per heavy atom. The van der Waals surface area contributed by atoms with Crippen LogP contribution in [0.15, 0.2) is 41.3 Å². The second-order valence-corrected chi connectivity index (χ2v) is 8.69. The van der Waals surface area contributed by atoms with Gasteiger partial charge in [0.05, 0.1) is 24.7 Å². The number of piperazine rings is 1. The molecule has 1 amide bonds. The van der Waals surface area contributed by atoms with Crippen LogP contribution in [0.1, 0.15) is 10.4 Å². The highest BCUT2D eigenvalue weighted by atomic mass is 32.2. The summed E-state index contributed by atoms with van der Waals surface area (Å²) in [6.07, 6.45) is 0. The molecule has 1 fully saturated rings. The fourth-order valence-electron chi connectivity index (χ4n) is 3.53. The van der Waals surface area contributed by atoms with Crippen molar-refractivity contribution in [3.63, 3.8) is 0 Å². The molecule has 2 aromatic carbocycles. The minimum atomic E-state index is -3.73. The highest BCUT2D eigenvalue weighted by molar-refractivity contribution is 7.89. The zero-order valence-electron chi connectivity index (χ0n) is 16.7. The second-order valence-electron chi connectivity index (χ2n) is 6.75. The van der Waals surface area contributed by atoms with Crippen molar-refractivity contribution in [3.05, 3.63) is 42.0 Å². The molecule has 9 nitrogen and oxygen atoms in total. The Labute approximate surface area is 174 Å². The average molecular weight is 434 g/mol. The lowest BCUT2D eigenvalue weighted by Crippen LogP contribution is -2.50. The van der Waals surface area contributed by atoms with Gasteiger partial charge in [0.1, 0.15) is 0 Å². The summed E-state index contributed by atoms with van der Waals surface area (Å²) in [6.45, 7) is 1.01. The molecular formula is C20H22N2O7S. The third kappa shape index (κ3) is 3.52. The van der Waals surface area contributed by atoms with Crippen LogP contribution in [0.4, 0.5) is 0 Å². The van der Waals surface area contributed by atoms with Gasteiger partial charge in [-0.2, -0.15) is 4.31 Å². The summed E-state index contributed by atoms with van der Waals surface area (Å²) in [5.74, 6) is 1.56. The Hall–Kier alpha value is -2.98. The Balaban J connectivity index is 1.48. The highest BCUT2D eigenvalue weighted by Crippen LogP contribution is 2.36. The minimum Gasteiger partial charge on any atom is -0.493 e. The van der Waals surface area contributed by atoms with Gasteiger partial charge in [-0.05, 0) is 24.3 Å². The molecule has 2 heterocycles. The van der Waals surface area contributed by atoms with Gasteiger partial charge in [0.15, 0.2) is 23.0 Å². The Morgan fingerprint density at radius 1 is 0.967 bits per heavy atom. The van der Waals surface area contributed by atoms with Gasteiger partial charge in [-0.25, -0.2) is 8.42 Å². The monoisotopic (exact) mass is 434 g/mol. The van der Waals surface area contributed by atoms with Crippen LogP contribution in [0, 0.1) is 0 Å². The number of fused-ring (bicyclic) bond motifs is 1. The number of hydrogen-bond acceptors (Lipinski definition) is 7. The number of para-hydroxylation sites is 1. The van der Waals surface area contributed by atoms with Crippen molar-refractivity contribution in [2.24, 2.45) is 0 Å². The molecule has 0 radical (unpaired) electrons. The van der Waals surface area contributed by atoms with Gasteiger partial charge < -0.3 is 23.8 Å². The number of methoxy groups -OCH3 is 2. The van der Waals surface area contributed by atoms with Crippen molar-refractivity contribution in [2.75, 3.05) is 47.2 Å². The quantitative estimate of drug-likeness (QED) is 0.705. The first kappa shape index (κ1) is 20.3. The Bertz CT molecular complexity index is 1060. The van der Waals surface area contributed by atoms with E-state index >= 15 is 0 Å². The van der Waals surface area contributed by atoms with Gasteiger partial charge >= 0.3 is 0 Å². The highest BCUT2D eigenvalue weighted by Gasteiger charge is 2.32. The molecule has 0 bridgehead atoms. The van der Waals surface area contributed by atoms with Crippen molar-refractivity contribution in [2.45, 2.75) is 4.90 Å². The van der Waals surface area contributed by atoms with Crippen LogP contribution in [0.2, 0.25) is 0 Å². The average Bonchev–Trinajstić information content (AvgIpc) is 3.27. The second kappa shape index (κ2) is 8.04. The molecule has 160 valence electrons. The van der Waals surface area contributed by atoms with E-state index in [9.17, 15) is 13.2 Å². The molecule has 0 saturated carbocycles. The zero-order chi connectivity index (χ0) is 21.3. The third-order valence-electron chi connectivity index (χ3n) is 5.15. The van der Waals surface area contributed by atoms with Gasteiger partial charge in [-0.1, -0.05) is 6.07 Å². The SMILES string of the molecule is COc1ccc(S(=O)(=O)N2CCN(C(=O)c3cccc4c3OCO4)CC2)cc1OC. The van der Waals surface area contributed by atoms with Gasteiger partial charge in [0, 0.05) is 32.2 Å². The van der Waals surface area contributed by atoms with Gasteiger partial charge in [-0.3, -0.25) is 4.79 Å². The Kier molecular flexibility index (Phi) is 5.44. The third-order valence-corrected chi connectivity index (χ3v) is 7.04. The largest absolute Gasteiger partial charge is 0.493 e. The van der Waals surface area contributed by atoms with Crippen molar-refractivity contribution in [1.82, 2.24) is 9.21 Å². The standard InChI is InChI=1S/C20H22N2O7S/c1-26-16-7-6-14(12-18(16)27-2)30(24,25)22-10-8-21(9-11-22)20(23)15-4-3-5-17-19(15)29-13-28-17/h3-7,12H,8-11,13H2,1-2H3. The number of carbonyl (C=O) groups is 1.